The molecule has 158 valence electrons. The molecular weight excluding hydrogens is 392 g/mol. The number of aryl methyl sites for hydroxylation is 1. The summed E-state index contributed by atoms with van der Waals surface area (Å²) >= 11 is 0. The maximum absolute atomic E-state index is 13.4. The number of piperazine rings is 1. The Labute approximate surface area is 180 Å². The van der Waals surface area contributed by atoms with Gasteiger partial charge in [0.25, 0.3) is 5.91 Å². The Bertz CT molecular complexity index is 1180. The number of H-pyrrole nitrogens is 1. The van der Waals surface area contributed by atoms with E-state index in [4.69, 9.17) is 0 Å². The Morgan fingerprint density at radius 3 is 2.55 bits per heavy atom. The highest BCUT2D eigenvalue weighted by Crippen LogP contribution is 2.42. The summed E-state index contributed by atoms with van der Waals surface area (Å²) in [6.45, 7) is 4.05. The number of fused-ring (bicyclic) bond motifs is 2. The van der Waals surface area contributed by atoms with Gasteiger partial charge in [-0.05, 0) is 24.6 Å². The Morgan fingerprint density at radius 2 is 1.77 bits per heavy atom. The molecule has 0 radical (unpaired) electrons. The molecule has 1 atom stereocenters. The lowest BCUT2D eigenvalue weighted by atomic mass is 9.95. The minimum Gasteiger partial charge on any atom is -0.358 e. The summed E-state index contributed by atoms with van der Waals surface area (Å²) < 4.78 is 0. The Balaban J connectivity index is 1.52. The number of hydrogen-bond donors (Lipinski definition) is 1. The summed E-state index contributed by atoms with van der Waals surface area (Å²) in [5.41, 5.74) is 4.62. The number of aromatic amines is 1. The molecule has 1 unspecified atom stereocenters. The topological polar surface area (TPSA) is 76.7 Å². The zero-order valence-electron chi connectivity index (χ0n) is 17.4. The van der Waals surface area contributed by atoms with E-state index in [-0.39, 0.29) is 24.4 Å². The van der Waals surface area contributed by atoms with Crippen molar-refractivity contribution in [2.45, 2.75) is 13.0 Å². The van der Waals surface area contributed by atoms with Crippen molar-refractivity contribution >= 4 is 29.1 Å². The highest BCUT2D eigenvalue weighted by Gasteiger charge is 2.41. The van der Waals surface area contributed by atoms with Crippen molar-refractivity contribution in [2.24, 2.45) is 0 Å². The molecule has 1 saturated heterocycles. The van der Waals surface area contributed by atoms with E-state index in [0.29, 0.717) is 31.7 Å². The first-order chi connectivity index (χ1) is 15.1. The number of carbonyl (C=O) groups is 3. The van der Waals surface area contributed by atoms with Crippen LogP contribution in [0, 0.1) is 6.92 Å². The molecule has 1 aromatic heterocycles. The predicted molar refractivity (Wildman–Crippen MR) is 117 cm³/mol. The molecule has 3 aromatic rings. The van der Waals surface area contributed by atoms with Crippen LogP contribution in [0.3, 0.4) is 0 Å². The van der Waals surface area contributed by atoms with Gasteiger partial charge in [0.15, 0.2) is 0 Å². The number of amides is 3. The van der Waals surface area contributed by atoms with Gasteiger partial charge in [0, 0.05) is 53.9 Å². The molecule has 2 aromatic carbocycles. The molecule has 7 heteroatoms. The molecule has 31 heavy (non-hydrogen) atoms. The molecule has 3 amide bonds. The van der Waals surface area contributed by atoms with Crippen LogP contribution < -0.4 is 0 Å². The van der Waals surface area contributed by atoms with Crippen molar-refractivity contribution in [1.82, 2.24) is 19.7 Å². The van der Waals surface area contributed by atoms with Crippen molar-refractivity contribution in [1.29, 1.82) is 0 Å². The molecule has 0 bridgehead atoms. The van der Waals surface area contributed by atoms with E-state index in [1.165, 1.54) is 0 Å². The summed E-state index contributed by atoms with van der Waals surface area (Å²) in [7, 11) is 0. The van der Waals surface area contributed by atoms with Crippen LogP contribution in [0.25, 0.3) is 10.9 Å². The van der Waals surface area contributed by atoms with Gasteiger partial charge >= 0.3 is 0 Å². The van der Waals surface area contributed by atoms with Gasteiger partial charge in [0.05, 0.1) is 6.04 Å². The summed E-state index contributed by atoms with van der Waals surface area (Å²) in [4.78, 5) is 46.0. The van der Waals surface area contributed by atoms with Gasteiger partial charge in [-0.15, -0.1) is 0 Å². The number of nitrogens with one attached hydrogen (secondary N) is 1. The van der Waals surface area contributed by atoms with Crippen molar-refractivity contribution in [2.75, 3.05) is 32.7 Å². The first kappa shape index (κ1) is 19.4. The Kier molecular flexibility index (Phi) is 4.73. The molecule has 2 aliphatic rings. The highest BCUT2D eigenvalue weighted by molar-refractivity contribution is 6.02. The van der Waals surface area contributed by atoms with Crippen LogP contribution in [-0.4, -0.2) is 70.6 Å². The van der Waals surface area contributed by atoms with Gasteiger partial charge < -0.3 is 19.7 Å². The minimum atomic E-state index is -0.319. The molecule has 0 spiro atoms. The second-order valence-electron chi connectivity index (χ2n) is 8.15. The number of hydrogen-bond acceptors (Lipinski definition) is 3. The summed E-state index contributed by atoms with van der Waals surface area (Å²) in [6.07, 6.45) is 0.818. The smallest absolute Gasteiger partial charge is 0.255 e. The average Bonchev–Trinajstić information content (AvgIpc) is 3.27. The van der Waals surface area contributed by atoms with E-state index in [0.717, 1.165) is 34.1 Å². The second-order valence-corrected chi connectivity index (χ2v) is 8.15. The first-order valence-electron chi connectivity index (χ1n) is 10.5. The zero-order chi connectivity index (χ0) is 21.5. The Hall–Kier alpha value is -3.61. The van der Waals surface area contributed by atoms with Crippen molar-refractivity contribution in [3.05, 3.63) is 70.9 Å². The largest absolute Gasteiger partial charge is 0.358 e. The van der Waals surface area contributed by atoms with E-state index in [2.05, 4.69) is 11.1 Å². The molecule has 1 fully saturated rings. The van der Waals surface area contributed by atoms with E-state index < -0.39 is 0 Å². The summed E-state index contributed by atoms with van der Waals surface area (Å²) in [5, 5.41) is 1.06. The van der Waals surface area contributed by atoms with Gasteiger partial charge in [-0.2, -0.15) is 0 Å². The van der Waals surface area contributed by atoms with Gasteiger partial charge in [-0.1, -0.05) is 36.4 Å². The maximum Gasteiger partial charge on any atom is 0.255 e. The number of carbonyl (C=O) groups excluding carboxylic acids is 3. The van der Waals surface area contributed by atoms with Crippen molar-refractivity contribution in [3.63, 3.8) is 0 Å². The molecule has 5 rings (SSSR count). The van der Waals surface area contributed by atoms with Crippen LogP contribution in [0.4, 0.5) is 0 Å². The standard InChI is InChI=1S/C24H24N4O3/c1-16-22(19-8-4-5-9-20(19)25-16)23-17-6-2-3-7-18(17)24(31)28(23)14-21(30)27-12-10-26(15-29)11-13-27/h2-9,15,23,25H,10-14H2,1H3. The van der Waals surface area contributed by atoms with Crippen LogP contribution in [0.2, 0.25) is 0 Å². The van der Waals surface area contributed by atoms with Gasteiger partial charge in [-0.3, -0.25) is 14.4 Å². The number of para-hydroxylation sites is 1. The fourth-order valence-corrected chi connectivity index (χ4v) is 4.82. The van der Waals surface area contributed by atoms with Crippen LogP contribution in [0.1, 0.15) is 33.2 Å². The SMILES string of the molecule is Cc1[nH]c2ccccc2c1C1c2ccccc2C(=O)N1CC(=O)N1CCN(C=O)CC1. The van der Waals surface area contributed by atoms with E-state index >= 15 is 0 Å². The lowest BCUT2D eigenvalue weighted by Gasteiger charge is -2.34. The monoisotopic (exact) mass is 416 g/mol. The molecule has 3 heterocycles. The molecule has 1 N–H and O–H groups in total. The van der Waals surface area contributed by atoms with Crippen molar-refractivity contribution < 1.29 is 14.4 Å². The number of nitrogens with zero attached hydrogens (tertiary/aromatic N) is 3. The van der Waals surface area contributed by atoms with E-state index in [1.807, 2.05) is 49.4 Å². The summed E-state index contributed by atoms with van der Waals surface area (Å²) in [6, 6.07) is 15.3. The highest BCUT2D eigenvalue weighted by atomic mass is 16.2. The van der Waals surface area contributed by atoms with Crippen LogP contribution in [0.5, 0.6) is 0 Å². The van der Waals surface area contributed by atoms with E-state index in [9.17, 15) is 14.4 Å². The van der Waals surface area contributed by atoms with Gasteiger partial charge in [0.1, 0.15) is 6.54 Å². The predicted octanol–water partition coefficient (Wildman–Crippen LogP) is 2.32. The molecule has 7 nitrogen and oxygen atoms in total. The molecule has 0 saturated carbocycles. The number of aromatic nitrogens is 1. The number of rotatable bonds is 4. The van der Waals surface area contributed by atoms with Crippen LogP contribution in [0.15, 0.2) is 48.5 Å². The first-order valence-corrected chi connectivity index (χ1v) is 10.5. The molecule has 0 aliphatic carbocycles. The second kappa shape index (κ2) is 7.58. The number of benzene rings is 2. The zero-order valence-corrected chi connectivity index (χ0v) is 17.4. The fourth-order valence-electron chi connectivity index (χ4n) is 4.82. The van der Waals surface area contributed by atoms with Crippen LogP contribution in [-0.2, 0) is 9.59 Å². The third-order valence-corrected chi connectivity index (χ3v) is 6.40. The van der Waals surface area contributed by atoms with Gasteiger partial charge in [-0.25, -0.2) is 0 Å². The normalized spacial score (nSPS) is 18.5. The summed E-state index contributed by atoms with van der Waals surface area (Å²) in [5.74, 6) is -0.209. The average molecular weight is 416 g/mol. The van der Waals surface area contributed by atoms with Gasteiger partial charge in [0.2, 0.25) is 12.3 Å². The van der Waals surface area contributed by atoms with E-state index in [1.54, 1.807) is 14.7 Å². The quantitative estimate of drug-likeness (QED) is 0.663. The third-order valence-electron chi connectivity index (χ3n) is 6.40. The minimum absolute atomic E-state index is 0.0121. The molecule has 2 aliphatic heterocycles. The lowest BCUT2D eigenvalue weighted by Crippen LogP contribution is -2.51. The Morgan fingerprint density at radius 1 is 1.06 bits per heavy atom. The van der Waals surface area contributed by atoms with Crippen molar-refractivity contribution in [3.8, 4) is 0 Å². The van der Waals surface area contributed by atoms with Crippen LogP contribution >= 0.6 is 0 Å². The lowest BCUT2D eigenvalue weighted by molar-refractivity contribution is -0.135. The maximum atomic E-state index is 13.4. The molecular formula is C24H24N4O3. The fraction of sp³-hybridized carbons (Fsp3) is 0.292. The third kappa shape index (κ3) is 3.17.